The van der Waals surface area contributed by atoms with E-state index in [0.717, 1.165) is 6.54 Å². The van der Waals surface area contributed by atoms with Crippen LogP contribution >= 0.6 is 24.0 Å². The molecule has 22 heavy (non-hydrogen) atoms. The maximum atomic E-state index is 12.0. The van der Waals surface area contributed by atoms with Crippen LogP contribution in [0.4, 0.5) is 5.69 Å². The summed E-state index contributed by atoms with van der Waals surface area (Å²) >= 11 is 6.14. The smallest absolute Gasteiger partial charge is 0.226 e. The predicted octanol–water partition coefficient (Wildman–Crippen LogP) is 2.87. The molecule has 2 rings (SSSR count). The topological polar surface area (TPSA) is 59.6 Å². The van der Waals surface area contributed by atoms with Gasteiger partial charge in [0.2, 0.25) is 5.91 Å². The van der Waals surface area contributed by atoms with Gasteiger partial charge in [-0.2, -0.15) is 0 Å². The lowest BCUT2D eigenvalue weighted by Gasteiger charge is -2.23. The van der Waals surface area contributed by atoms with Crippen LogP contribution in [0, 0.1) is 0 Å². The highest BCUT2D eigenvalue weighted by Crippen LogP contribution is 2.28. The predicted molar refractivity (Wildman–Crippen MR) is 90.3 cm³/mol. The highest BCUT2D eigenvalue weighted by molar-refractivity contribution is 6.32. The van der Waals surface area contributed by atoms with Crippen LogP contribution in [0.2, 0.25) is 5.02 Å². The Morgan fingerprint density at radius 3 is 2.91 bits per heavy atom. The van der Waals surface area contributed by atoms with Crippen LogP contribution in [0.3, 0.4) is 0 Å². The summed E-state index contributed by atoms with van der Waals surface area (Å²) in [5.74, 6) is 0.554. The van der Waals surface area contributed by atoms with Crippen molar-refractivity contribution in [1.29, 1.82) is 0 Å². The maximum absolute atomic E-state index is 12.0. The second kappa shape index (κ2) is 9.20. The van der Waals surface area contributed by atoms with E-state index < -0.39 is 0 Å². The van der Waals surface area contributed by atoms with E-state index in [1.165, 1.54) is 0 Å². The summed E-state index contributed by atoms with van der Waals surface area (Å²) in [6.07, 6.45) is 0.433. The van der Waals surface area contributed by atoms with Gasteiger partial charge in [0.25, 0.3) is 0 Å². The van der Waals surface area contributed by atoms with Gasteiger partial charge in [0, 0.05) is 24.7 Å². The fraction of sp³-hybridized carbons (Fsp3) is 0.533. The first-order valence-electron chi connectivity index (χ1n) is 7.12. The Kier molecular flexibility index (Phi) is 7.96. The number of anilines is 1. The molecule has 1 saturated heterocycles. The fourth-order valence-electron chi connectivity index (χ4n) is 2.11. The summed E-state index contributed by atoms with van der Waals surface area (Å²) in [6, 6.07) is 5.31. The van der Waals surface area contributed by atoms with Crippen molar-refractivity contribution in [2.24, 2.45) is 0 Å². The number of carbonyl (C=O) groups is 1. The van der Waals surface area contributed by atoms with E-state index in [0.29, 0.717) is 36.1 Å². The normalized spacial score (nSPS) is 17.7. The number of nitrogens with one attached hydrogen (secondary N) is 2. The molecule has 0 bridgehead atoms. The van der Waals surface area contributed by atoms with Crippen LogP contribution in [0.15, 0.2) is 18.2 Å². The number of amides is 1. The summed E-state index contributed by atoms with van der Waals surface area (Å²) < 4.78 is 10.9. The van der Waals surface area contributed by atoms with Crippen LogP contribution in [-0.4, -0.2) is 37.8 Å². The van der Waals surface area contributed by atoms with Gasteiger partial charge < -0.3 is 20.1 Å². The average Bonchev–Trinajstić information content (AvgIpc) is 2.42. The first-order valence-corrected chi connectivity index (χ1v) is 7.49. The van der Waals surface area contributed by atoms with Crippen LogP contribution < -0.4 is 15.4 Å². The Hall–Kier alpha value is -1.01. The number of halogens is 2. The van der Waals surface area contributed by atoms with Gasteiger partial charge in [-0.15, -0.1) is 12.4 Å². The minimum atomic E-state index is -0.0633. The molecule has 1 aliphatic heterocycles. The summed E-state index contributed by atoms with van der Waals surface area (Å²) in [6.45, 7) is 5.92. The molecule has 0 aromatic heterocycles. The first-order chi connectivity index (χ1) is 10.0. The van der Waals surface area contributed by atoms with Crippen molar-refractivity contribution < 1.29 is 14.3 Å². The lowest BCUT2D eigenvalue weighted by molar-refractivity contribution is -0.117. The van der Waals surface area contributed by atoms with Crippen molar-refractivity contribution >= 4 is 35.6 Å². The molecule has 1 aromatic rings. The molecule has 0 spiro atoms. The summed E-state index contributed by atoms with van der Waals surface area (Å²) in [7, 11) is 0. The Bertz CT molecular complexity index is 492. The third-order valence-corrected chi connectivity index (χ3v) is 3.30. The average molecular weight is 349 g/mol. The van der Waals surface area contributed by atoms with Gasteiger partial charge in [0.05, 0.1) is 24.3 Å². The van der Waals surface area contributed by atoms with Gasteiger partial charge in [0.15, 0.2) is 0 Å². The molecule has 124 valence electrons. The Balaban J connectivity index is 0.00000242. The molecule has 2 N–H and O–H groups in total. The standard InChI is InChI=1S/C15H21ClN2O3.ClH/c1-10(2)21-14-4-3-11(7-13(14)16)18-15(19)8-12-9-20-6-5-17-12;/h3-4,7,10,12,17H,5-6,8-9H2,1-2H3,(H,18,19);1H. The van der Waals surface area contributed by atoms with Crippen molar-refractivity contribution in [3.05, 3.63) is 23.2 Å². The highest BCUT2D eigenvalue weighted by atomic mass is 35.5. The Labute approximate surface area is 142 Å². The zero-order valence-electron chi connectivity index (χ0n) is 12.7. The quantitative estimate of drug-likeness (QED) is 0.858. The number of hydrogen-bond acceptors (Lipinski definition) is 4. The minimum Gasteiger partial charge on any atom is -0.489 e. The fourth-order valence-corrected chi connectivity index (χ4v) is 2.34. The van der Waals surface area contributed by atoms with Crippen molar-refractivity contribution in [3.8, 4) is 5.75 Å². The molecule has 0 aliphatic carbocycles. The van der Waals surface area contributed by atoms with Crippen molar-refractivity contribution in [1.82, 2.24) is 5.32 Å². The lowest BCUT2D eigenvalue weighted by Crippen LogP contribution is -2.43. The van der Waals surface area contributed by atoms with Gasteiger partial charge in [-0.05, 0) is 32.0 Å². The van der Waals surface area contributed by atoms with Crippen molar-refractivity contribution in [2.75, 3.05) is 25.1 Å². The molecule has 1 aromatic carbocycles. The van der Waals surface area contributed by atoms with E-state index in [2.05, 4.69) is 10.6 Å². The maximum Gasteiger partial charge on any atom is 0.226 e. The second-order valence-corrected chi connectivity index (χ2v) is 5.70. The second-order valence-electron chi connectivity index (χ2n) is 5.29. The molecular weight excluding hydrogens is 327 g/mol. The van der Waals surface area contributed by atoms with E-state index in [9.17, 15) is 4.79 Å². The van der Waals surface area contributed by atoms with Crippen LogP contribution in [0.25, 0.3) is 0 Å². The van der Waals surface area contributed by atoms with E-state index in [1.54, 1.807) is 18.2 Å². The van der Waals surface area contributed by atoms with Gasteiger partial charge in [-0.3, -0.25) is 4.79 Å². The van der Waals surface area contributed by atoms with Crippen molar-refractivity contribution in [3.63, 3.8) is 0 Å². The zero-order valence-corrected chi connectivity index (χ0v) is 14.3. The molecule has 1 fully saturated rings. The zero-order chi connectivity index (χ0) is 15.2. The number of ether oxygens (including phenoxy) is 2. The third kappa shape index (κ3) is 6.01. The molecule has 5 nitrogen and oxygen atoms in total. The van der Waals surface area contributed by atoms with E-state index in [1.807, 2.05) is 13.8 Å². The number of rotatable bonds is 5. The Morgan fingerprint density at radius 1 is 1.55 bits per heavy atom. The first kappa shape index (κ1) is 19.0. The molecule has 1 amide bonds. The van der Waals surface area contributed by atoms with Gasteiger partial charge in [-0.1, -0.05) is 11.6 Å². The molecule has 0 radical (unpaired) electrons. The van der Waals surface area contributed by atoms with Crippen LogP contribution in [-0.2, 0) is 9.53 Å². The number of benzene rings is 1. The molecular formula is C15H22Cl2N2O3. The molecule has 1 heterocycles. The van der Waals surface area contributed by atoms with Crippen molar-refractivity contribution in [2.45, 2.75) is 32.4 Å². The molecule has 7 heteroatoms. The number of hydrogen-bond donors (Lipinski definition) is 2. The minimum absolute atomic E-state index is 0. The van der Waals surface area contributed by atoms with Gasteiger partial charge >= 0.3 is 0 Å². The van der Waals surface area contributed by atoms with E-state index in [-0.39, 0.29) is 30.5 Å². The molecule has 1 unspecified atom stereocenters. The molecule has 1 atom stereocenters. The monoisotopic (exact) mass is 348 g/mol. The summed E-state index contributed by atoms with van der Waals surface area (Å²) in [5, 5.41) is 6.57. The third-order valence-electron chi connectivity index (χ3n) is 3.01. The van der Waals surface area contributed by atoms with E-state index in [4.69, 9.17) is 21.1 Å². The SMILES string of the molecule is CC(C)Oc1ccc(NC(=O)CC2COCCN2)cc1Cl.Cl. The Morgan fingerprint density at radius 2 is 2.32 bits per heavy atom. The highest BCUT2D eigenvalue weighted by Gasteiger charge is 2.17. The number of carbonyl (C=O) groups excluding carboxylic acids is 1. The van der Waals surface area contributed by atoms with Crippen LogP contribution in [0.1, 0.15) is 20.3 Å². The summed E-state index contributed by atoms with van der Waals surface area (Å²) in [5.41, 5.74) is 0.665. The van der Waals surface area contributed by atoms with Crippen LogP contribution in [0.5, 0.6) is 5.75 Å². The lowest BCUT2D eigenvalue weighted by atomic mass is 10.2. The van der Waals surface area contributed by atoms with Gasteiger partial charge in [-0.25, -0.2) is 0 Å². The summed E-state index contributed by atoms with van der Waals surface area (Å²) in [4.78, 5) is 12.0. The van der Waals surface area contributed by atoms with E-state index >= 15 is 0 Å². The number of morpholine rings is 1. The molecule has 0 saturated carbocycles. The largest absolute Gasteiger partial charge is 0.489 e. The molecule has 1 aliphatic rings. The van der Waals surface area contributed by atoms with Gasteiger partial charge in [0.1, 0.15) is 5.75 Å².